The lowest BCUT2D eigenvalue weighted by Crippen LogP contribution is -2.01. The molecule has 0 heterocycles. The number of halogens is 3. The van der Waals surface area contributed by atoms with Crippen molar-refractivity contribution in [1.82, 2.24) is 0 Å². The molecule has 110 valence electrons. The van der Waals surface area contributed by atoms with Crippen molar-refractivity contribution in [2.45, 2.75) is 6.61 Å². The van der Waals surface area contributed by atoms with E-state index in [4.69, 9.17) is 21.1 Å². The summed E-state index contributed by atoms with van der Waals surface area (Å²) in [7, 11) is 1.46. The van der Waals surface area contributed by atoms with Crippen LogP contribution in [-0.2, 0) is 6.61 Å². The molecular formula is C15H11BrClFO3. The van der Waals surface area contributed by atoms with E-state index in [0.717, 1.165) is 5.56 Å². The van der Waals surface area contributed by atoms with Gasteiger partial charge in [-0.25, -0.2) is 4.39 Å². The van der Waals surface area contributed by atoms with Gasteiger partial charge in [-0.05, 0) is 39.7 Å². The highest BCUT2D eigenvalue weighted by atomic mass is 79.9. The van der Waals surface area contributed by atoms with E-state index >= 15 is 0 Å². The number of benzene rings is 2. The van der Waals surface area contributed by atoms with Crippen molar-refractivity contribution >= 4 is 33.8 Å². The van der Waals surface area contributed by atoms with Crippen LogP contribution in [0.5, 0.6) is 11.5 Å². The van der Waals surface area contributed by atoms with Crippen LogP contribution in [0.15, 0.2) is 34.8 Å². The minimum Gasteiger partial charge on any atom is -0.493 e. The number of rotatable bonds is 5. The van der Waals surface area contributed by atoms with Crippen LogP contribution in [0, 0.1) is 5.82 Å². The van der Waals surface area contributed by atoms with Crippen LogP contribution in [-0.4, -0.2) is 13.4 Å². The number of hydrogen-bond acceptors (Lipinski definition) is 3. The second-order valence-corrected chi connectivity index (χ2v) is 5.47. The van der Waals surface area contributed by atoms with Crippen molar-refractivity contribution in [3.63, 3.8) is 0 Å². The first-order valence-corrected chi connectivity index (χ1v) is 7.11. The number of carbonyl (C=O) groups is 1. The molecule has 0 radical (unpaired) electrons. The summed E-state index contributed by atoms with van der Waals surface area (Å²) in [6.07, 6.45) is 0.643. The largest absolute Gasteiger partial charge is 0.493 e. The minimum atomic E-state index is -0.351. The molecule has 0 bridgehead atoms. The van der Waals surface area contributed by atoms with E-state index in [1.807, 2.05) is 0 Å². The molecule has 6 heteroatoms. The standard InChI is InChI=1S/C15H11BrClFO3/c1-20-14-6-11(17)5-10(7-19)15(14)21-8-9-2-3-13(18)12(16)4-9/h2-7H,8H2,1H3. The first-order valence-electron chi connectivity index (χ1n) is 5.94. The van der Waals surface area contributed by atoms with Crippen LogP contribution in [0.1, 0.15) is 15.9 Å². The molecule has 0 aromatic heterocycles. The molecule has 2 aromatic rings. The number of carbonyl (C=O) groups excluding carboxylic acids is 1. The van der Waals surface area contributed by atoms with E-state index in [0.29, 0.717) is 32.8 Å². The third-order valence-corrected chi connectivity index (χ3v) is 3.59. The molecule has 21 heavy (non-hydrogen) atoms. The second kappa shape index (κ2) is 6.91. The highest BCUT2D eigenvalue weighted by molar-refractivity contribution is 9.10. The van der Waals surface area contributed by atoms with Crippen molar-refractivity contribution in [3.8, 4) is 11.5 Å². The maximum Gasteiger partial charge on any atom is 0.172 e. The molecule has 3 nitrogen and oxygen atoms in total. The van der Waals surface area contributed by atoms with Gasteiger partial charge in [0, 0.05) is 11.1 Å². The summed E-state index contributed by atoms with van der Waals surface area (Å²) in [5.41, 5.74) is 1.04. The maximum absolute atomic E-state index is 13.2. The van der Waals surface area contributed by atoms with Crippen LogP contribution >= 0.6 is 27.5 Å². The van der Waals surface area contributed by atoms with Crippen molar-refractivity contribution in [2.24, 2.45) is 0 Å². The van der Waals surface area contributed by atoms with Gasteiger partial charge in [0.1, 0.15) is 12.4 Å². The highest BCUT2D eigenvalue weighted by Gasteiger charge is 2.13. The Kier molecular flexibility index (Phi) is 5.20. The summed E-state index contributed by atoms with van der Waals surface area (Å²) in [4.78, 5) is 11.1. The van der Waals surface area contributed by atoms with Gasteiger partial charge in [0.05, 0.1) is 17.1 Å². The lowest BCUT2D eigenvalue weighted by atomic mass is 10.2. The molecule has 0 unspecified atom stereocenters. The Morgan fingerprint density at radius 2 is 2.10 bits per heavy atom. The van der Waals surface area contributed by atoms with Crippen LogP contribution in [0.25, 0.3) is 0 Å². The minimum absolute atomic E-state index is 0.164. The molecule has 0 atom stereocenters. The topological polar surface area (TPSA) is 35.5 Å². The summed E-state index contributed by atoms with van der Waals surface area (Å²) in [5, 5.41) is 0.380. The lowest BCUT2D eigenvalue weighted by molar-refractivity contribution is 0.111. The number of ether oxygens (including phenoxy) is 2. The SMILES string of the molecule is COc1cc(Cl)cc(C=O)c1OCc1ccc(F)c(Br)c1. The average molecular weight is 374 g/mol. The van der Waals surface area contributed by atoms with Gasteiger partial charge >= 0.3 is 0 Å². The summed E-state index contributed by atoms with van der Waals surface area (Å²) >= 11 is 9.00. The molecule has 2 aromatic carbocycles. The lowest BCUT2D eigenvalue weighted by Gasteiger charge is -2.13. The fourth-order valence-corrected chi connectivity index (χ4v) is 2.41. The van der Waals surface area contributed by atoms with Crippen molar-refractivity contribution in [3.05, 3.63) is 56.8 Å². The maximum atomic E-state index is 13.2. The van der Waals surface area contributed by atoms with E-state index in [1.54, 1.807) is 18.2 Å². The Labute approximate surface area is 134 Å². The molecule has 0 spiro atoms. The predicted octanol–water partition coefficient (Wildman–Crippen LogP) is 4.64. The number of hydrogen-bond donors (Lipinski definition) is 0. The van der Waals surface area contributed by atoms with Crippen LogP contribution in [0.3, 0.4) is 0 Å². The van der Waals surface area contributed by atoms with Gasteiger partial charge in [-0.15, -0.1) is 0 Å². The summed E-state index contributed by atoms with van der Waals surface area (Å²) in [5.74, 6) is 0.319. The molecule has 0 N–H and O–H groups in total. The van der Waals surface area contributed by atoms with Gasteiger partial charge < -0.3 is 9.47 Å². The van der Waals surface area contributed by atoms with Gasteiger partial charge in [0.15, 0.2) is 17.8 Å². The van der Waals surface area contributed by atoms with Crippen molar-refractivity contribution in [1.29, 1.82) is 0 Å². The average Bonchev–Trinajstić information content (AvgIpc) is 2.48. The van der Waals surface area contributed by atoms with Crippen LogP contribution in [0.2, 0.25) is 5.02 Å². The van der Waals surface area contributed by atoms with E-state index in [1.165, 1.54) is 19.2 Å². The van der Waals surface area contributed by atoms with Gasteiger partial charge in [0.25, 0.3) is 0 Å². The van der Waals surface area contributed by atoms with Gasteiger partial charge in [-0.1, -0.05) is 17.7 Å². The van der Waals surface area contributed by atoms with Gasteiger partial charge in [-0.3, -0.25) is 4.79 Å². The Morgan fingerprint density at radius 3 is 2.71 bits per heavy atom. The smallest absolute Gasteiger partial charge is 0.172 e. The third kappa shape index (κ3) is 3.74. The third-order valence-electron chi connectivity index (χ3n) is 2.76. The predicted molar refractivity (Wildman–Crippen MR) is 81.8 cm³/mol. The first-order chi connectivity index (χ1) is 10.0. The number of methoxy groups -OCH3 is 1. The van der Waals surface area contributed by atoms with E-state index in [2.05, 4.69) is 15.9 Å². The van der Waals surface area contributed by atoms with E-state index < -0.39 is 0 Å². The normalized spacial score (nSPS) is 10.3. The fourth-order valence-electron chi connectivity index (χ4n) is 1.77. The molecule has 0 fully saturated rings. The fraction of sp³-hybridized carbons (Fsp3) is 0.133. The summed E-state index contributed by atoms with van der Waals surface area (Å²) < 4.78 is 24.3. The Bertz CT molecular complexity index is 676. The van der Waals surface area contributed by atoms with Crippen LogP contribution < -0.4 is 9.47 Å². The molecular weight excluding hydrogens is 363 g/mol. The Hall–Kier alpha value is -1.59. The molecule has 0 saturated carbocycles. The van der Waals surface area contributed by atoms with Crippen LogP contribution in [0.4, 0.5) is 4.39 Å². The molecule has 2 rings (SSSR count). The first kappa shape index (κ1) is 15.8. The zero-order chi connectivity index (χ0) is 15.4. The highest BCUT2D eigenvalue weighted by Crippen LogP contribution is 2.34. The number of aldehydes is 1. The van der Waals surface area contributed by atoms with E-state index in [9.17, 15) is 9.18 Å². The zero-order valence-electron chi connectivity index (χ0n) is 11.0. The monoisotopic (exact) mass is 372 g/mol. The van der Waals surface area contributed by atoms with E-state index in [-0.39, 0.29) is 12.4 Å². The molecule has 0 aliphatic carbocycles. The van der Waals surface area contributed by atoms with Crippen molar-refractivity contribution in [2.75, 3.05) is 7.11 Å². The zero-order valence-corrected chi connectivity index (χ0v) is 13.4. The molecule has 0 saturated heterocycles. The second-order valence-electron chi connectivity index (χ2n) is 4.18. The molecule has 0 aliphatic rings. The quantitative estimate of drug-likeness (QED) is 0.716. The van der Waals surface area contributed by atoms with Crippen molar-refractivity contribution < 1.29 is 18.7 Å². The van der Waals surface area contributed by atoms with Gasteiger partial charge in [0.2, 0.25) is 0 Å². The Morgan fingerprint density at radius 1 is 1.33 bits per heavy atom. The molecule has 0 aliphatic heterocycles. The Balaban J connectivity index is 2.26. The molecule has 0 amide bonds. The summed E-state index contributed by atoms with van der Waals surface area (Å²) in [6, 6.07) is 7.60. The van der Waals surface area contributed by atoms with Gasteiger partial charge in [-0.2, -0.15) is 0 Å². The summed E-state index contributed by atoms with van der Waals surface area (Å²) in [6.45, 7) is 0.164.